The molecule has 0 bridgehead atoms. The smallest absolute Gasteiger partial charge is 0.229 e. The summed E-state index contributed by atoms with van der Waals surface area (Å²) in [6.45, 7) is 3.12. The highest BCUT2D eigenvalue weighted by molar-refractivity contribution is 9.10. The van der Waals surface area contributed by atoms with Crippen LogP contribution in [0.5, 0.6) is 0 Å². The lowest BCUT2D eigenvalue weighted by atomic mass is 9.99. The fourth-order valence-electron chi connectivity index (χ4n) is 3.19. The molecule has 1 N–H and O–H groups in total. The number of fused-ring (bicyclic) bond motifs is 1. The summed E-state index contributed by atoms with van der Waals surface area (Å²) in [7, 11) is 0. The van der Waals surface area contributed by atoms with E-state index >= 15 is 0 Å². The lowest BCUT2D eigenvalue weighted by Gasteiger charge is -2.30. The summed E-state index contributed by atoms with van der Waals surface area (Å²) in [6, 6.07) is 16.6. The Morgan fingerprint density at radius 2 is 1.92 bits per heavy atom. The fraction of sp³-hybridized carbons (Fsp3) is 0.200. The number of halogens is 1. The second-order valence-corrected chi connectivity index (χ2v) is 7.17. The third-order valence-corrected chi connectivity index (χ3v) is 4.90. The Bertz CT molecular complexity index is 892. The Balaban J connectivity index is 1.63. The van der Waals surface area contributed by atoms with Crippen molar-refractivity contribution in [3.05, 3.63) is 70.3 Å². The van der Waals surface area contributed by atoms with E-state index in [4.69, 9.17) is 4.98 Å². The van der Waals surface area contributed by atoms with Crippen LogP contribution >= 0.6 is 15.9 Å². The number of rotatable bonds is 3. The summed E-state index contributed by atoms with van der Waals surface area (Å²) in [5, 5.41) is 3.27. The molecule has 0 amide bonds. The van der Waals surface area contributed by atoms with Crippen LogP contribution in [0.3, 0.4) is 0 Å². The normalized spacial score (nSPS) is 13.4. The highest BCUT2D eigenvalue weighted by Crippen LogP contribution is 2.33. The van der Waals surface area contributed by atoms with E-state index in [1.807, 2.05) is 36.5 Å². The van der Waals surface area contributed by atoms with Crippen LogP contribution in [0.15, 0.2) is 59.2 Å². The summed E-state index contributed by atoms with van der Waals surface area (Å²) in [4.78, 5) is 11.4. The number of anilines is 4. The molecule has 1 aliphatic rings. The van der Waals surface area contributed by atoms with E-state index in [-0.39, 0.29) is 0 Å². The fourth-order valence-corrected chi connectivity index (χ4v) is 3.45. The molecule has 0 saturated heterocycles. The minimum atomic E-state index is 0.610. The van der Waals surface area contributed by atoms with Gasteiger partial charge in [0.25, 0.3) is 0 Å². The Kier molecular flexibility index (Phi) is 4.40. The van der Waals surface area contributed by atoms with Crippen LogP contribution in [0.4, 0.5) is 23.1 Å². The van der Waals surface area contributed by atoms with Crippen molar-refractivity contribution in [3.63, 3.8) is 0 Å². The van der Waals surface area contributed by atoms with Gasteiger partial charge in [0.1, 0.15) is 5.82 Å². The first-order valence-electron chi connectivity index (χ1n) is 8.42. The van der Waals surface area contributed by atoms with Crippen LogP contribution in [-0.2, 0) is 6.42 Å². The van der Waals surface area contributed by atoms with Gasteiger partial charge in [-0.1, -0.05) is 33.6 Å². The van der Waals surface area contributed by atoms with Crippen molar-refractivity contribution >= 4 is 39.1 Å². The zero-order valence-corrected chi connectivity index (χ0v) is 15.6. The molecule has 5 heteroatoms. The molecular weight excluding hydrogens is 376 g/mol. The Morgan fingerprint density at radius 1 is 1.08 bits per heavy atom. The first kappa shape index (κ1) is 16.1. The quantitative estimate of drug-likeness (QED) is 0.647. The number of aromatic nitrogens is 2. The maximum absolute atomic E-state index is 4.73. The molecule has 0 spiro atoms. The van der Waals surface area contributed by atoms with E-state index in [2.05, 4.69) is 56.3 Å². The number of aryl methyl sites for hydroxylation is 2. The van der Waals surface area contributed by atoms with Gasteiger partial charge in [-0.25, -0.2) is 4.98 Å². The predicted octanol–water partition coefficient (Wildman–Crippen LogP) is 5.38. The van der Waals surface area contributed by atoms with Crippen LogP contribution in [0.25, 0.3) is 0 Å². The second kappa shape index (κ2) is 6.84. The van der Waals surface area contributed by atoms with E-state index in [1.165, 1.54) is 16.8 Å². The van der Waals surface area contributed by atoms with Crippen molar-refractivity contribution in [2.24, 2.45) is 0 Å². The number of benzene rings is 2. The number of hydrogen-bond donors (Lipinski definition) is 1. The Hall–Kier alpha value is -2.40. The number of nitrogens with zero attached hydrogens (tertiary/aromatic N) is 3. The van der Waals surface area contributed by atoms with Gasteiger partial charge in [0.15, 0.2) is 0 Å². The lowest BCUT2D eigenvalue weighted by Crippen LogP contribution is -2.25. The molecule has 0 unspecified atom stereocenters. The number of hydrogen-bond acceptors (Lipinski definition) is 4. The number of nitrogens with one attached hydrogen (secondary N) is 1. The first-order chi connectivity index (χ1) is 12.2. The highest BCUT2D eigenvalue weighted by atomic mass is 79.9. The lowest BCUT2D eigenvalue weighted by molar-refractivity contribution is 0.758. The molecular formula is C20H19BrN4. The van der Waals surface area contributed by atoms with Gasteiger partial charge in [-0.2, -0.15) is 4.98 Å². The predicted molar refractivity (Wildman–Crippen MR) is 106 cm³/mol. The summed E-state index contributed by atoms with van der Waals surface area (Å²) in [5.41, 5.74) is 4.92. The molecule has 0 radical (unpaired) electrons. The van der Waals surface area contributed by atoms with Gasteiger partial charge >= 0.3 is 0 Å². The highest BCUT2D eigenvalue weighted by Gasteiger charge is 2.19. The molecule has 2 aromatic carbocycles. The van der Waals surface area contributed by atoms with Crippen molar-refractivity contribution in [1.82, 2.24) is 9.97 Å². The zero-order valence-electron chi connectivity index (χ0n) is 14.0. The van der Waals surface area contributed by atoms with Gasteiger partial charge < -0.3 is 10.2 Å². The molecule has 1 aromatic heterocycles. The molecule has 4 rings (SSSR count). The van der Waals surface area contributed by atoms with Crippen LogP contribution in [-0.4, -0.2) is 16.5 Å². The van der Waals surface area contributed by atoms with E-state index in [0.717, 1.165) is 35.4 Å². The molecule has 1 aliphatic heterocycles. The Morgan fingerprint density at radius 3 is 2.76 bits per heavy atom. The monoisotopic (exact) mass is 394 g/mol. The van der Waals surface area contributed by atoms with Crippen LogP contribution in [0, 0.1) is 6.92 Å². The van der Waals surface area contributed by atoms with E-state index in [1.54, 1.807) is 0 Å². The third-order valence-electron chi connectivity index (χ3n) is 4.37. The molecule has 25 heavy (non-hydrogen) atoms. The van der Waals surface area contributed by atoms with Gasteiger partial charge in [0, 0.05) is 28.6 Å². The largest absolute Gasteiger partial charge is 0.326 e. The summed E-state index contributed by atoms with van der Waals surface area (Å²) >= 11 is 3.45. The molecule has 126 valence electrons. The maximum atomic E-state index is 4.73. The molecule has 4 nitrogen and oxygen atoms in total. The van der Waals surface area contributed by atoms with Crippen LogP contribution < -0.4 is 10.2 Å². The average molecular weight is 395 g/mol. The average Bonchev–Trinajstić information content (AvgIpc) is 2.63. The molecule has 0 saturated carbocycles. The van der Waals surface area contributed by atoms with Crippen LogP contribution in [0.2, 0.25) is 0 Å². The molecule has 0 atom stereocenters. The molecule has 2 heterocycles. The van der Waals surface area contributed by atoms with E-state index in [0.29, 0.717) is 5.95 Å². The molecule has 3 aromatic rings. The van der Waals surface area contributed by atoms with Gasteiger partial charge in [-0.05, 0) is 61.7 Å². The maximum Gasteiger partial charge on any atom is 0.229 e. The van der Waals surface area contributed by atoms with Gasteiger partial charge in [0.2, 0.25) is 5.95 Å². The first-order valence-corrected chi connectivity index (χ1v) is 9.21. The SMILES string of the molecule is Cc1ccc2c(c1)CCCN2c1ccnc(Nc2ccc(Br)cc2)n1. The minimum absolute atomic E-state index is 0.610. The van der Waals surface area contributed by atoms with E-state index < -0.39 is 0 Å². The van der Waals surface area contributed by atoms with Crippen molar-refractivity contribution in [2.45, 2.75) is 19.8 Å². The minimum Gasteiger partial charge on any atom is -0.326 e. The summed E-state index contributed by atoms with van der Waals surface area (Å²) in [6.07, 6.45) is 4.07. The molecule has 0 fully saturated rings. The Labute approximate surface area is 156 Å². The topological polar surface area (TPSA) is 41.1 Å². The van der Waals surface area contributed by atoms with Crippen molar-refractivity contribution in [3.8, 4) is 0 Å². The van der Waals surface area contributed by atoms with Crippen molar-refractivity contribution in [2.75, 3.05) is 16.8 Å². The second-order valence-electron chi connectivity index (χ2n) is 6.26. The standard InChI is InChI=1S/C20H19BrN4/c1-14-4-9-18-15(13-14)3-2-12-25(18)19-10-11-22-20(24-19)23-17-7-5-16(21)6-8-17/h4-11,13H,2-3,12H2,1H3,(H,22,23,24). The van der Waals surface area contributed by atoms with Crippen LogP contribution in [0.1, 0.15) is 17.5 Å². The zero-order chi connectivity index (χ0) is 17.2. The summed E-state index contributed by atoms with van der Waals surface area (Å²) < 4.78 is 1.05. The van der Waals surface area contributed by atoms with E-state index in [9.17, 15) is 0 Å². The summed E-state index contributed by atoms with van der Waals surface area (Å²) in [5.74, 6) is 1.54. The molecule has 0 aliphatic carbocycles. The third kappa shape index (κ3) is 3.51. The van der Waals surface area contributed by atoms with Gasteiger partial charge in [-0.15, -0.1) is 0 Å². The van der Waals surface area contributed by atoms with Crippen molar-refractivity contribution < 1.29 is 0 Å². The van der Waals surface area contributed by atoms with Gasteiger partial charge in [-0.3, -0.25) is 0 Å². The van der Waals surface area contributed by atoms with Crippen molar-refractivity contribution in [1.29, 1.82) is 0 Å². The van der Waals surface area contributed by atoms with Gasteiger partial charge in [0.05, 0.1) is 0 Å².